The van der Waals surface area contributed by atoms with Crippen molar-refractivity contribution in [2.75, 3.05) is 6.61 Å². The molecule has 0 saturated heterocycles. The topological polar surface area (TPSA) is 64.1 Å². The fourth-order valence-electron chi connectivity index (χ4n) is 1.66. The maximum atomic E-state index is 8.95. The van der Waals surface area contributed by atoms with E-state index in [1.807, 2.05) is 42.1 Å². The fourth-order valence-corrected chi connectivity index (χ4v) is 1.66. The molecule has 0 amide bonds. The lowest BCUT2D eigenvalue weighted by Crippen LogP contribution is -2.14. The normalized spacial score (nSPS) is 12.7. The van der Waals surface area contributed by atoms with Gasteiger partial charge >= 0.3 is 0 Å². The number of aliphatic hydroxyl groups excluding tert-OH is 1. The highest BCUT2D eigenvalue weighted by Crippen LogP contribution is 2.20. The molecule has 1 atom stereocenters. The highest BCUT2D eigenvalue weighted by atomic mass is 16.3. The van der Waals surface area contributed by atoms with Crippen LogP contribution in [-0.2, 0) is 7.05 Å². The van der Waals surface area contributed by atoms with Crippen molar-refractivity contribution in [2.45, 2.75) is 6.04 Å². The van der Waals surface area contributed by atoms with E-state index in [0.29, 0.717) is 0 Å². The highest BCUT2D eigenvalue weighted by molar-refractivity contribution is 5.59. The van der Waals surface area contributed by atoms with Crippen molar-refractivity contribution >= 4 is 0 Å². The SMILES string of the molecule is Cn1nccc1-c1ccc([C@@H](N)CO)cc1. The number of aliphatic hydroxyl groups is 1. The zero-order valence-corrected chi connectivity index (χ0v) is 9.17. The fraction of sp³-hybridized carbons (Fsp3) is 0.250. The Kier molecular flexibility index (Phi) is 3.03. The summed E-state index contributed by atoms with van der Waals surface area (Å²) < 4.78 is 1.82. The molecular formula is C12H15N3O. The molecular weight excluding hydrogens is 202 g/mol. The van der Waals surface area contributed by atoms with Crippen molar-refractivity contribution in [1.29, 1.82) is 0 Å². The number of hydrogen-bond donors (Lipinski definition) is 2. The van der Waals surface area contributed by atoms with Crippen LogP contribution in [-0.4, -0.2) is 21.5 Å². The second-order valence-electron chi connectivity index (χ2n) is 3.75. The van der Waals surface area contributed by atoms with Crippen LogP contribution in [0.4, 0.5) is 0 Å². The van der Waals surface area contributed by atoms with Gasteiger partial charge in [0.1, 0.15) is 0 Å². The molecule has 3 N–H and O–H groups in total. The highest BCUT2D eigenvalue weighted by Gasteiger charge is 2.06. The molecule has 4 heteroatoms. The van der Waals surface area contributed by atoms with Crippen molar-refractivity contribution < 1.29 is 5.11 Å². The Hall–Kier alpha value is -1.65. The standard InChI is InChI=1S/C12H15N3O/c1-15-12(6-7-14-15)10-4-2-9(3-5-10)11(13)8-16/h2-7,11,16H,8,13H2,1H3/t11-/m0/s1. The molecule has 16 heavy (non-hydrogen) atoms. The molecule has 0 aliphatic rings. The number of aryl methyl sites for hydroxylation is 1. The zero-order chi connectivity index (χ0) is 11.5. The third kappa shape index (κ3) is 1.98. The third-order valence-corrected chi connectivity index (χ3v) is 2.65. The van der Waals surface area contributed by atoms with E-state index >= 15 is 0 Å². The largest absolute Gasteiger partial charge is 0.394 e. The molecule has 0 aliphatic heterocycles. The second kappa shape index (κ2) is 4.47. The minimum Gasteiger partial charge on any atom is -0.394 e. The van der Waals surface area contributed by atoms with Gasteiger partial charge in [-0.05, 0) is 17.2 Å². The molecule has 84 valence electrons. The summed E-state index contributed by atoms with van der Waals surface area (Å²) in [4.78, 5) is 0. The van der Waals surface area contributed by atoms with Gasteiger partial charge in [0.15, 0.2) is 0 Å². The van der Waals surface area contributed by atoms with Crippen LogP contribution >= 0.6 is 0 Å². The maximum absolute atomic E-state index is 8.95. The minimum absolute atomic E-state index is 0.0366. The van der Waals surface area contributed by atoms with Gasteiger partial charge in [0.05, 0.1) is 18.3 Å². The van der Waals surface area contributed by atoms with Crippen LogP contribution in [0.25, 0.3) is 11.3 Å². The van der Waals surface area contributed by atoms with Crippen LogP contribution in [0.1, 0.15) is 11.6 Å². The lowest BCUT2D eigenvalue weighted by atomic mass is 10.0. The van der Waals surface area contributed by atoms with Crippen LogP contribution in [0.5, 0.6) is 0 Å². The van der Waals surface area contributed by atoms with Crippen LogP contribution in [0.15, 0.2) is 36.5 Å². The van der Waals surface area contributed by atoms with Crippen LogP contribution in [0, 0.1) is 0 Å². The average molecular weight is 217 g/mol. The Morgan fingerprint density at radius 1 is 1.31 bits per heavy atom. The second-order valence-corrected chi connectivity index (χ2v) is 3.75. The molecule has 0 saturated carbocycles. The molecule has 0 aliphatic carbocycles. The molecule has 0 unspecified atom stereocenters. The van der Waals surface area contributed by atoms with Crippen LogP contribution < -0.4 is 5.73 Å². The number of nitrogens with two attached hydrogens (primary N) is 1. The number of benzene rings is 1. The first-order valence-corrected chi connectivity index (χ1v) is 5.17. The summed E-state index contributed by atoms with van der Waals surface area (Å²) in [6, 6.07) is 9.50. The van der Waals surface area contributed by atoms with Gasteiger partial charge in [0, 0.05) is 13.2 Å². The molecule has 1 aromatic carbocycles. The lowest BCUT2D eigenvalue weighted by Gasteiger charge is -2.09. The zero-order valence-electron chi connectivity index (χ0n) is 9.17. The van der Waals surface area contributed by atoms with E-state index in [-0.39, 0.29) is 12.6 Å². The van der Waals surface area contributed by atoms with Gasteiger partial charge in [-0.25, -0.2) is 0 Å². The number of hydrogen-bond acceptors (Lipinski definition) is 3. The summed E-state index contributed by atoms with van der Waals surface area (Å²) in [6.07, 6.45) is 1.77. The summed E-state index contributed by atoms with van der Waals surface area (Å²) >= 11 is 0. The van der Waals surface area contributed by atoms with E-state index in [1.54, 1.807) is 6.20 Å². The summed E-state index contributed by atoms with van der Waals surface area (Å²) in [5.74, 6) is 0. The first-order valence-electron chi connectivity index (χ1n) is 5.17. The van der Waals surface area contributed by atoms with E-state index in [4.69, 9.17) is 10.8 Å². The van der Waals surface area contributed by atoms with Crippen molar-refractivity contribution in [3.8, 4) is 11.3 Å². The summed E-state index contributed by atoms with van der Waals surface area (Å²) in [5.41, 5.74) is 8.81. The first-order chi connectivity index (χ1) is 7.72. The number of aromatic nitrogens is 2. The smallest absolute Gasteiger partial charge is 0.0678 e. The Bertz CT molecular complexity index is 461. The van der Waals surface area contributed by atoms with Gasteiger partial charge in [-0.3, -0.25) is 4.68 Å². The van der Waals surface area contributed by atoms with Crippen molar-refractivity contribution in [1.82, 2.24) is 9.78 Å². The van der Waals surface area contributed by atoms with Gasteiger partial charge in [0.2, 0.25) is 0 Å². The Morgan fingerprint density at radius 2 is 2.00 bits per heavy atom. The number of rotatable bonds is 3. The van der Waals surface area contributed by atoms with E-state index < -0.39 is 0 Å². The van der Waals surface area contributed by atoms with Gasteiger partial charge in [0.25, 0.3) is 0 Å². The molecule has 1 heterocycles. The van der Waals surface area contributed by atoms with E-state index in [1.165, 1.54) is 0 Å². The van der Waals surface area contributed by atoms with Crippen molar-refractivity contribution in [2.24, 2.45) is 12.8 Å². The first kappa shape index (κ1) is 10.9. The lowest BCUT2D eigenvalue weighted by molar-refractivity contribution is 0.268. The maximum Gasteiger partial charge on any atom is 0.0678 e. The monoisotopic (exact) mass is 217 g/mol. The predicted molar refractivity (Wildman–Crippen MR) is 62.7 cm³/mol. The van der Waals surface area contributed by atoms with Gasteiger partial charge in [-0.2, -0.15) is 5.10 Å². The predicted octanol–water partition coefficient (Wildman–Crippen LogP) is 1.08. The third-order valence-electron chi connectivity index (χ3n) is 2.65. The van der Waals surface area contributed by atoms with Gasteiger partial charge in [-0.1, -0.05) is 24.3 Å². The van der Waals surface area contributed by atoms with E-state index in [2.05, 4.69) is 5.10 Å². The Morgan fingerprint density at radius 3 is 2.50 bits per heavy atom. The van der Waals surface area contributed by atoms with Crippen LogP contribution in [0.2, 0.25) is 0 Å². The Labute approximate surface area is 94.3 Å². The van der Waals surface area contributed by atoms with E-state index in [0.717, 1.165) is 16.8 Å². The van der Waals surface area contributed by atoms with Crippen molar-refractivity contribution in [3.05, 3.63) is 42.1 Å². The molecule has 0 bridgehead atoms. The Balaban J connectivity index is 2.30. The molecule has 4 nitrogen and oxygen atoms in total. The molecule has 2 rings (SSSR count). The van der Waals surface area contributed by atoms with Gasteiger partial charge in [-0.15, -0.1) is 0 Å². The molecule has 0 fully saturated rings. The number of nitrogens with zero attached hydrogens (tertiary/aromatic N) is 2. The molecule has 2 aromatic rings. The average Bonchev–Trinajstić information content (AvgIpc) is 2.75. The van der Waals surface area contributed by atoms with Crippen LogP contribution in [0.3, 0.4) is 0 Å². The quantitative estimate of drug-likeness (QED) is 0.808. The molecule has 1 aromatic heterocycles. The minimum atomic E-state index is -0.305. The summed E-state index contributed by atoms with van der Waals surface area (Å²) in [7, 11) is 1.91. The summed E-state index contributed by atoms with van der Waals surface area (Å²) in [5, 5.41) is 13.1. The van der Waals surface area contributed by atoms with Crippen molar-refractivity contribution in [3.63, 3.8) is 0 Å². The molecule has 0 spiro atoms. The van der Waals surface area contributed by atoms with E-state index in [9.17, 15) is 0 Å². The summed E-state index contributed by atoms with van der Waals surface area (Å²) in [6.45, 7) is -0.0366. The van der Waals surface area contributed by atoms with Gasteiger partial charge < -0.3 is 10.8 Å². The molecule has 0 radical (unpaired) electrons.